The molecule has 1 aliphatic rings. The second-order valence-corrected chi connectivity index (χ2v) is 6.89. The van der Waals surface area contributed by atoms with Crippen molar-refractivity contribution in [1.82, 2.24) is 15.2 Å². The number of nitrogens with one attached hydrogen (secondary N) is 2. The molecule has 1 fully saturated rings. The van der Waals surface area contributed by atoms with Crippen LogP contribution in [0.1, 0.15) is 32.0 Å². The molecule has 28 heavy (non-hydrogen) atoms. The molecule has 0 bridgehead atoms. The Morgan fingerprint density at radius 2 is 1.86 bits per heavy atom. The Hall–Kier alpha value is -2.77. The van der Waals surface area contributed by atoms with Crippen LogP contribution in [0.4, 0.5) is 5.69 Å². The molecule has 1 aromatic carbocycles. The van der Waals surface area contributed by atoms with E-state index < -0.39 is 0 Å². The van der Waals surface area contributed by atoms with Crippen molar-refractivity contribution >= 4 is 17.5 Å². The van der Waals surface area contributed by atoms with E-state index in [1.54, 1.807) is 6.07 Å². The second kappa shape index (κ2) is 9.43. The SMILES string of the molecule is Cc1ccc(NC(=O)c2ccnc(C(=O)NCCN3CCOCC3)c2)cc1C. The summed E-state index contributed by atoms with van der Waals surface area (Å²) in [6.45, 7) is 8.52. The van der Waals surface area contributed by atoms with Gasteiger partial charge in [-0.25, -0.2) is 0 Å². The van der Waals surface area contributed by atoms with Gasteiger partial charge in [-0.1, -0.05) is 6.07 Å². The quantitative estimate of drug-likeness (QED) is 0.799. The maximum atomic E-state index is 12.5. The molecule has 2 heterocycles. The van der Waals surface area contributed by atoms with Crippen LogP contribution in [0.3, 0.4) is 0 Å². The Kier molecular flexibility index (Phi) is 6.73. The van der Waals surface area contributed by atoms with E-state index in [0.29, 0.717) is 12.1 Å². The maximum absolute atomic E-state index is 12.5. The van der Waals surface area contributed by atoms with E-state index in [9.17, 15) is 9.59 Å². The number of hydrogen-bond acceptors (Lipinski definition) is 5. The fraction of sp³-hybridized carbons (Fsp3) is 0.381. The first kappa shape index (κ1) is 20.0. The van der Waals surface area contributed by atoms with Gasteiger partial charge in [-0.05, 0) is 49.2 Å². The van der Waals surface area contributed by atoms with Crippen molar-refractivity contribution < 1.29 is 14.3 Å². The summed E-state index contributed by atoms with van der Waals surface area (Å²) in [4.78, 5) is 31.2. The van der Waals surface area contributed by atoms with Gasteiger partial charge in [0.25, 0.3) is 11.8 Å². The van der Waals surface area contributed by atoms with Gasteiger partial charge in [0.2, 0.25) is 0 Å². The van der Waals surface area contributed by atoms with Crippen molar-refractivity contribution in [3.8, 4) is 0 Å². The zero-order chi connectivity index (χ0) is 19.9. The summed E-state index contributed by atoms with van der Waals surface area (Å²) >= 11 is 0. The van der Waals surface area contributed by atoms with Gasteiger partial charge in [-0.3, -0.25) is 19.5 Å². The van der Waals surface area contributed by atoms with E-state index in [4.69, 9.17) is 4.74 Å². The van der Waals surface area contributed by atoms with E-state index in [1.807, 2.05) is 32.0 Å². The lowest BCUT2D eigenvalue weighted by Gasteiger charge is -2.26. The molecule has 2 N–H and O–H groups in total. The fourth-order valence-corrected chi connectivity index (χ4v) is 2.96. The van der Waals surface area contributed by atoms with E-state index in [2.05, 4.69) is 20.5 Å². The maximum Gasteiger partial charge on any atom is 0.269 e. The van der Waals surface area contributed by atoms with Gasteiger partial charge in [0, 0.05) is 43.6 Å². The molecule has 1 aromatic heterocycles. The predicted octanol–water partition coefficient (Wildman–Crippen LogP) is 2.01. The van der Waals surface area contributed by atoms with Crippen molar-refractivity contribution in [2.45, 2.75) is 13.8 Å². The van der Waals surface area contributed by atoms with Crippen LogP contribution in [0.2, 0.25) is 0 Å². The summed E-state index contributed by atoms with van der Waals surface area (Å²) in [6.07, 6.45) is 1.48. The molecule has 2 amide bonds. The molecule has 0 unspecified atom stereocenters. The number of amides is 2. The third kappa shape index (κ3) is 5.37. The van der Waals surface area contributed by atoms with Crippen molar-refractivity contribution in [2.24, 2.45) is 0 Å². The van der Waals surface area contributed by atoms with E-state index >= 15 is 0 Å². The molecular formula is C21H26N4O3. The Labute approximate surface area is 165 Å². The number of ether oxygens (including phenoxy) is 1. The molecule has 0 aliphatic carbocycles. The highest BCUT2D eigenvalue weighted by molar-refractivity contribution is 6.05. The van der Waals surface area contributed by atoms with Crippen LogP contribution in [0, 0.1) is 13.8 Å². The number of aryl methyl sites for hydroxylation is 2. The smallest absolute Gasteiger partial charge is 0.269 e. The minimum absolute atomic E-state index is 0.231. The average Bonchev–Trinajstić information content (AvgIpc) is 2.71. The lowest BCUT2D eigenvalue weighted by molar-refractivity contribution is 0.0383. The van der Waals surface area contributed by atoms with Crippen LogP contribution < -0.4 is 10.6 Å². The van der Waals surface area contributed by atoms with Crippen molar-refractivity contribution in [3.63, 3.8) is 0 Å². The molecule has 1 saturated heterocycles. The number of carbonyl (C=O) groups is 2. The molecule has 0 spiro atoms. The van der Waals surface area contributed by atoms with Crippen LogP contribution in [0.25, 0.3) is 0 Å². The van der Waals surface area contributed by atoms with Gasteiger partial charge in [-0.15, -0.1) is 0 Å². The topological polar surface area (TPSA) is 83.6 Å². The molecule has 0 radical (unpaired) electrons. The van der Waals surface area contributed by atoms with E-state index in [1.165, 1.54) is 12.3 Å². The third-order valence-corrected chi connectivity index (χ3v) is 4.84. The number of morpholine rings is 1. The number of carbonyl (C=O) groups excluding carboxylic acids is 2. The molecule has 3 rings (SSSR count). The minimum atomic E-state index is -0.283. The first-order chi connectivity index (χ1) is 13.5. The number of anilines is 1. The number of hydrogen-bond donors (Lipinski definition) is 2. The first-order valence-electron chi connectivity index (χ1n) is 9.46. The summed E-state index contributed by atoms with van der Waals surface area (Å²) in [5.41, 5.74) is 3.62. The van der Waals surface area contributed by atoms with E-state index in [0.717, 1.165) is 49.7 Å². The molecule has 0 atom stereocenters. The highest BCUT2D eigenvalue weighted by Gasteiger charge is 2.14. The van der Waals surface area contributed by atoms with Crippen LogP contribution in [-0.4, -0.2) is 61.1 Å². The minimum Gasteiger partial charge on any atom is -0.379 e. The zero-order valence-corrected chi connectivity index (χ0v) is 16.3. The Balaban J connectivity index is 1.56. The van der Waals surface area contributed by atoms with Gasteiger partial charge in [0.1, 0.15) is 5.69 Å². The predicted molar refractivity (Wildman–Crippen MR) is 108 cm³/mol. The third-order valence-electron chi connectivity index (χ3n) is 4.84. The highest BCUT2D eigenvalue weighted by atomic mass is 16.5. The Morgan fingerprint density at radius 3 is 2.61 bits per heavy atom. The molecule has 7 heteroatoms. The molecule has 0 saturated carbocycles. The van der Waals surface area contributed by atoms with Crippen molar-refractivity contribution in [3.05, 3.63) is 58.9 Å². The van der Waals surface area contributed by atoms with Gasteiger partial charge in [0.15, 0.2) is 0 Å². The zero-order valence-electron chi connectivity index (χ0n) is 16.3. The molecule has 148 valence electrons. The van der Waals surface area contributed by atoms with E-state index in [-0.39, 0.29) is 17.5 Å². The van der Waals surface area contributed by atoms with Crippen molar-refractivity contribution in [1.29, 1.82) is 0 Å². The summed E-state index contributed by atoms with van der Waals surface area (Å²) in [5.74, 6) is -0.554. The van der Waals surface area contributed by atoms with Crippen LogP contribution >= 0.6 is 0 Å². The molecular weight excluding hydrogens is 356 g/mol. The largest absolute Gasteiger partial charge is 0.379 e. The van der Waals surface area contributed by atoms with Gasteiger partial charge < -0.3 is 15.4 Å². The van der Waals surface area contributed by atoms with Gasteiger partial charge in [-0.2, -0.15) is 0 Å². The normalized spacial score (nSPS) is 14.5. The standard InChI is InChI=1S/C21H26N4O3/c1-15-3-4-18(13-16(15)2)24-20(26)17-5-6-22-19(14-17)21(27)23-7-8-25-9-11-28-12-10-25/h3-6,13-14H,7-12H2,1-2H3,(H,23,27)(H,24,26). The van der Waals surface area contributed by atoms with Crippen molar-refractivity contribution in [2.75, 3.05) is 44.7 Å². The molecule has 1 aliphatic heterocycles. The lowest BCUT2D eigenvalue weighted by Crippen LogP contribution is -2.41. The fourth-order valence-electron chi connectivity index (χ4n) is 2.96. The van der Waals surface area contributed by atoms with Crippen LogP contribution in [-0.2, 0) is 4.74 Å². The number of nitrogens with zero attached hydrogens (tertiary/aromatic N) is 2. The van der Waals surface area contributed by atoms with Gasteiger partial charge in [0.05, 0.1) is 13.2 Å². The monoisotopic (exact) mass is 382 g/mol. The number of aromatic nitrogens is 1. The summed E-state index contributed by atoms with van der Waals surface area (Å²) in [6, 6.07) is 8.86. The Morgan fingerprint density at radius 1 is 1.07 bits per heavy atom. The highest BCUT2D eigenvalue weighted by Crippen LogP contribution is 2.15. The average molecular weight is 382 g/mol. The lowest BCUT2D eigenvalue weighted by atomic mass is 10.1. The number of rotatable bonds is 6. The van der Waals surface area contributed by atoms with Crippen LogP contribution in [0.15, 0.2) is 36.5 Å². The summed E-state index contributed by atoms with van der Waals surface area (Å²) in [7, 11) is 0. The molecule has 7 nitrogen and oxygen atoms in total. The Bertz CT molecular complexity index is 847. The van der Waals surface area contributed by atoms with Crippen LogP contribution in [0.5, 0.6) is 0 Å². The second-order valence-electron chi connectivity index (χ2n) is 6.89. The first-order valence-corrected chi connectivity index (χ1v) is 9.46. The van der Waals surface area contributed by atoms with Gasteiger partial charge >= 0.3 is 0 Å². The summed E-state index contributed by atoms with van der Waals surface area (Å²) in [5, 5.41) is 5.72. The number of benzene rings is 1. The summed E-state index contributed by atoms with van der Waals surface area (Å²) < 4.78 is 5.31. The molecule has 2 aromatic rings. The number of pyridine rings is 1.